The fourth-order valence-corrected chi connectivity index (χ4v) is 5.03. The Morgan fingerprint density at radius 3 is 2.57 bits per heavy atom. The van der Waals surface area contributed by atoms with Gasteiger partial charge in [0.05, 0.1) is 0 Å². The van der Waals surface area contributed by atoms with Crippen molar-refractivity contribution in [3.8, 4) is 0 Å². The quantitative estimate of drug-likeness (QED) is 0.869. The van der Waals surface area contributed by atoms with E-state index < -0.39 is 15.6 Å². The van der Waals surface area contributed by atoms with Gasteiger partial charge < -0.3 is 5.73 Å². The summed E-state index contributed by atoms with van der Waals surface area (Å²) in [5.74, 6) is 0. The van der Waals surface area contributed by atoms with E-state index >= 15 is 0 Å². The monoisotopic (exact) mass is 368 g/mol. The molecule has 1 aromatic carbocycles. The maximum absolute atomic E-state index is 12.5. The first-order valence-electron chi connectivity index (χ1n) is 6.07. The van der Waals surface area contributed by atoms with Crippen LogP contribution in [0.15, 0.2) is 23.1 Å². The van der Waals surface area contributed by atoms with E-state index in [4.69, 9.17) is 17.3 Å². The zero-order valence-electron chi connectivity index (χ0n) is 11.9. The second-order valence-corrected chi connectivity index (χ2v) is 8.84. The van der Waals surface area contributed by atoms with Gasteiger partial charge in [0.2, 0.25) is 10.0 Å². The Morgan fingerprint density at radius 2 is 2.00 bits per heavy atom. The number of fused-ring (bicyclic) bond motifs is 1. The lowest BCUT2D eigenvalue weighted by atomic mass is 10.1. The minimum absolute atomic E-state index is 0. The van der Waals surface area contributed by atoms with E-state index in [2.05, 4.69) is 4.72 Å². The molecule has 0 atom stereocenters. The topological polar surface area (TPSA) is 72.2 Å². The van der Waals surface area contributed by atoms with Crippen molar-refractivity contribution in [2.75, 3.05) is 6.54 Å². The summed E-state index contributed by atoms with van der Waals surface area (Å²) in [5, 5.41) is 1.17. The Kier molecular flexibility index (Phi) is 5.69. The third-order valence-corrected chi connectivity index (χ3v) is 5.79. The van der Waals surface area contributed by atoms with Gasteiger partial charge in [-0.3, -0.25) is 0 Å². The lowest BCUT2D eigenvalue weighted by molar-refractivity contribution is 0.498. The molecule has 0 bridgehead atoms. The van der Waals surface area contributed by atoms with Crippen molar-refractivity contribution < 1.29 is 8.42 Å². The van der Waals surface area contributed by atoms with Crippen LogP contribution in [0, 0.1) is 6.92 Å². The highest BCUT2D eigenvalue weighted by atomic mass is 35.5. The van der Waals surface area contributed by atoms with Gasteiger partial charge in [-0.2, -0.15) is 0 Å². The molecule has 2 aromatic rings. The Balaban J connectivity index is 0.00000220. The summed E-state index contributed by atoms with van der Waals surface area (Å²) in [6.45, 7) is 5.50. The number of rotatable bonds is 4. The Labute approximate surface area is 140 Å². The molecule has 0 radical (unpaired) electrons. The van der Waals surface area contributed by atoms with Crippen LogP contribution in [-0.4, -0.2) is 20.5 Å². The SMILES string of the molecule is Cc1sc2ccc(Cl)cc2c1S(=O)(=O)NCC(C)(C)N.Cl. The molecule has 4 nitrogen and oxygen atoms in total. The van der Waals surface area contributed by atoms with Gasteiger partial charge >= 0.3 is 0 Å². The number of hydrogen-bond acceptors (Lipinski definition) is 4. The van der Waals surface area contributed by atoms with Crippen LogP contribution in [0.25, 0.3) is 10.1 Å². The van der Waals surface area contributed by atoms with Crippen LogP contribution in [0.2, 0.25) is 5.02 Å². The van der Waals surface area contributed by atoms with Gasteiger partial charge in [-0.05, 0) is 39.0 Å². The van der Waals surface area contributed by atoms with Gasteiger partial charge in [-0.15, -0.1) is 23.7 Å². The molecule has 0 saturated heterocycles. The summed E-state index contributed by atoms with van der Waals surface area (Å²) in [6, 6.07) is 5.27. The van der Waals surface area contributed by atoms with Crippen molar-refractivity contribution in [3.05, 3.63) is 28.1 Å². The summed E-state index contributed by atoms with van der Waals surface area (Å²) in [5.41, 5.74) is 5.22. The molecule has 0 spiro atoms. The molecule has 0 aliphatic heterocycles. The molecular weight excluding hydrogens is 351 g/mol. The van der Waals surface area contributed by atoms with Crippen molar-refractivity contribution in [3.63, 3.8) is 0 Å². The van der Waals surface area contributed by atoms with Crippen molar-refractivity contribution in [1.29, 1.82) is 0 Å². The van der Waals surface area contributed by atoms with Gasteiger partial charge in [-0.25, -0.2) is 13.1 Å². The van der Waals surface area contributed by atoms with Crippen LogP contribution in [0.5, 0.6) is 0 Å². The normalized spacial score (nSPS) is 12.4. The van der Waals surface area contributed by atoms with Crippen molar-refractivity contribution in [2.24, 2.45) is 5.73 Å². The maximum atomic E-state index is 12.5. The first-order chi connectivity index (χ1) is 9.10. The molecule has 0 saturated carbocycles. The molecule has 0 unspecified atom stereocenters. The molecule has 118 valence electrons. The smallest absolute Gasteiger partial charge is 0.242 e. The maximum Gasteiger partial charge on any atom is 0.242 e. The predicted molar refractivity (Wildman–Crippen MR) is 92.3 cm³/mol. The van der Waals surface area contributed by atoms with Crippen molar-refractivity contribution in [2.45, 2.75) is 31.2 Å². The van der Waals surface area contributed by atoms with Crippen LogP contribution in [0.3, 0.4) is 0 Å². The van der Waals surface area contributed by atoms with Gasteiger partial charge in [0.15, 0.2) is 0 Å². The number of halogens is 2. The van der Waals surface area contributed by atoms with Crippen molar-refractivity contribution in [1.82, 2.24) is 4.72 Å². The minimum Gasteiger partial charge on any atom is -0.324 e. The predicted octanol–water partition coefficient (Wildman–Crippen LogP) is 3.30. The van der Waals surface area contributed by atoms with E-state index in [9.17, 15) is 8.42 Å². The molecule has 2 rings (SSSR count). The number of aryl methyl sites for hydroxylation is 1. The Morgan fingerprint density at radius 1 is 1.38 bits per heavy atom. The van der Waals surface area contributed by atoms with E-state index in [1.54, 1.807) is 32.9 Å². The number of nitrogens with one attached hydrogen (secondary N) is 1. The number of hydrogen-bond donors (Lipinski definition) is 2. The first-order valence-corrected chi connectivity index (χ1v) is 8.75. The number of sulfonamides is 1. The standard InChI is InChI=1S/C13H17ClN2O2S2.ClH/c1-8-12(20(17,18)16-7-13(2,3)15)10-6-9(14)4-5-11(10)19-8;/h4-6,16H,7,15H2,1-3H3;1H. The largest absolute Gasteiger partial charge is 0.324 e. The highest BCUT2D eigenvalue weighted by molar-refractivity contribution is 7.90. The van der Waals surface area contributed by atoms with Crippen LogP contribution < -0.4 is 10.5 Å². The Hall–Kier alpha value is -0.370. The number of benzene rings is 1. The van der Waals surface area contributed by atoms with Crippen LogP contribution >= 0.6 is 35.3 Å². The summed E-state index contributed by atoms with van der Waals surface area (Å²) < 4.78 is 28.4. The lowest BCUT2D eigenvalue weighted by Crippen LogP contribution is -2.45. The summed E-state index contributed by atoms with van der Waals surface area (Å²) in [6.07, 6.45) is 0. The second kappa shape index (κ2) is 6.40. The van der Waals surface area contributed by atoms with E-state index in [1.165, 1.54) is 11.3 Å². The molecule has 0 aliphatic rings. The lowest BCUT2D eigenvalue weighted by Gasteiger charge is -2.19. The highest BCUT2D eigenvalue weighted by Crippen LogP contribution is 2.35. The number of nitrogens with two attached hydrogens (primary N) is 1. The third kappa shape index (κ3) is 4.31. The fraction of sp³-hybridized carbons (Fsp3) is 0.385. The van der Waals surface area contributed by atoms with Crippen LogP contribution in [0.1, 0.15) is 18.7 Å². The van der Waals surface area contributed by atoms with Gasteiger partial charge in [0.1, 0.15) is 4.90 Å². The van der Waals surface area contributed by atoms with Crippen LogP contribution in [0.4, 0.5) is 0 Å². The zero-order chi connectivity index (χ0) is 15.1. The molecule has 3 N–H and O–H groups in total. The second-order valence-electron chi connectivity index (χ2n) is 5.44. The molecule has 0 fully saturated rings. The van der Waals surface area contributed by atoms with Gasteiger partial charge in [0, 0.05) is 32.1 Å². The molecule has 0 aliphatic carbocycles. The van der Waals surface area contributed by atoms with E-state index in [0.717, 1.165) is 9.58 Å². The van der Waals surface area contributed by atoms with Crippen LogP contribution in [-0.2, 0) is 10.0 Å². The molecule has 21 heavy (non-hydrogen) atoms. The van der Waals surface area contributed by atoms with Crippen molar-refractivity contribution >= 4 is 55.5 Å². The zero-order valence-corrected chi connectivity index (χ0v) is 15.1. The first kappa shape index (κ1) is 18.7. The van der Waals surface area contributed by atoms with Gasteiger partial charge in [0.25, 0.3) is 0 Å². The van der Waals surface area contributed by atoms with E-state index in [0.29, 0.717) is 15.3 Å². The average molecular weight is 369 g/mol. The average Bonchev–Trinajstić information content (AvgIpc) is 2.62. The molecule has 8 heteroatoms. The summed E-state index contributed by atoms with van der Waals surface area (Å²) in [4.78, 5) is 1.04. The molecular formula is C13H18Cl2N2O2S2. The van der Waals surface area contributed by atoms with E-state index in [1.807, 2.05) is 6.07 Å². The summed E-state index contributed by atoms with van der Waals surface area (Å²) >= 11 is 7.41. The highest BCUT2D eigenvalue weighted by Gasteiger charge is 2.24. The Bertz CT molecular complexity index is 749. The minimum atomic E-state index is -3.60. The van der Waals surface area contributed by atoms with Gasteiger partial charge in [-0.1, -0.05) is 11.6 Å². The third-order valence-electron chi connectivity index (χ3n) is 2.76. The molecule has 1 aromatic heterocycles. The summed E-state index contributed by atoms with van der Waals surface area (Å²) in [7, 11) is -3.60. The number of thiophene rings is 1. The molecule has 1 heterocycles. The van der Waals surface area contributed by atoms with E-state index in [-0.39, 0.29) is 19.0 Å². The molecule has 0 amide bonds. The fourth-order valence-electron chi connectivity index (χ4n) is 1.86.